The van der Waals surface area contributed by atoms with Gasteiger partial charge in [0.25, 0.3) is 0 Å². The maximum absolute atomic E-state index is 11.5. The Bertz CT molecular complexity index is 438. The summed E-state index contributed by atoms with van der Waals surface area (Å²) >= 11 is 5.59. The monoisotopic (exact) mass is 265 g/mol. The molecular formula is C8H12ClN3O3S. The van der Waals surface area contributed by atoms with Crippen molar-refractivity contribution in [2.75, 3.05) is 24.2 Å². The van der Waals surface area contributed by atoms with E-state index in [0.29, 0.717) is 13.0 Å². The van der Waals surface area contributed by atoms with Crippen molar-refractivity contribution >= 4 is 27.4 Å². The van der Waals surface area contributed by atoms with Crippen LogP contribution in [0.3, 0.4) is 0 Å². The summed E-state index contributed by atoms with van der Waals surface area (Å²) in [6, 6.07) is 1.34. The zero-order chi connectivity index (χ0) is 12.0. The summed E-state index contributed by atoms with van der Waals surface area (Å²) < 4.78 is 30.1. The van der Waals surface area contributed by atoms with E-state index in [-0.39, 0.29) is 16.7 Å². The number of rotatable bonds is 6. The molecule has 1 N–H and O–H groups in total. The largest absolute Gasteiger partial charge is 0.385 e. The Kier molecular flexibility index (Phi) is 4.91. The molecule has 90 valence electrons. The van der Waals surface area contributed by atoms with E-state index in [4.69, 9.17) is 16.3 Å². The van der Waals surface area contributed by atoms with Gasteiger partial charge in [0.2, 0.25) is 10.0 Å². The molecular weight excluding hydrogens is 254 g/mol. The third kappa shape index (κ3) is 4.73. The van der Waals surface area contributed by atoms with Gasteiger partial charge < -0.3 is 4.74 Å². The highest BCUT2D eigenvalue weighted by atomic mass is 35.5. The van der Waals surface area contributed by atoms with Crippen LogP contribution >= 0.6 is 11.6 Å². The standard InChI is InChI=1S/C8H12ClN3O3S/c1-15-3-2-4-16(13,14)12-8-5-7(9)10-6-11-8/h5-6H,2-4H2,1H3,(H,10,11,12). The molecule has 0 spiro atoms. The summed E-state index contributed by atoms with van der Waals surface area (Å²) in [5.41, 5.74) is 0. The molecule has 0 amide bonds. The number of sulfonamides is 1. The number of ether oxygens (including phenoxy) is 1. The molecule has 0 radical (unpaired) electrons. The molecule has 1 aromatic heterocycles. The normalized spacial score (nSPS) is 11.4. The van der Waals surface area contributed by atoms with Crippen molar-refractivity contribution in [2.24, 2.45) is 0 Å². The second-order valence-electron chi connectivity index (χ2n) is 2.99. The van der Waals surface area contributed by atoms with Gasteiger partial charge in [-0.25, -0.2) is 18.4 Å². The van der Waals surface area contributed by atoms with Crippen molar-refractivity contribution in [1.29, 1.82) is 0 Å². The van der Waals surface area contributed by atoms with Gasteiger partial charge in [0.1, 0.15) is 17.3 Å². The van der Waals surface area contributed by atoms with Crippen molar-refractivity contribution < 1.29 is 13.2 Å². The first-order valence-corrected chi connectivity index (χ1v) is 6.53. The Morgan fingerprint density at radius 3 is 2.88 bits per heavy atom. The average Bonchev–Trinajstić information content (AvgIpc) is 2.17. The number of methoxy groups -OCH3 is 1. The molecule has 1 aromatic rings. The topological polar surface area (TPSA) is 81.2 Å². The smallest absolute Gasteiger partial charge is 0.233 e. The third-order valence-corrected chi connectivity index (χ3v) is 3.21. The Morgan fingerprint density at radius 1 is 1.50 bits per heavy atom. The van der Waals surface area contributed by atoms with Gasteiger partial charge in [-0.1, -0.05) is 11.6 Å². The number of nitrogens with zero attached hydrogens (tertiary/aromatic N) is 2. The second kappa shape index (κ2) is 5.97. The molecule has 0 atom stereocenters. The van der Waals surface area contributed by atoms with Crippen LogP contribution in [0.15, 0.2) is 12.4 Å². The molecule has 0 aliphatic heterocycles. The molecule has 0 aliphatic rings. The van der Waals surface area contributed by atoms with E-state index in [2.05, 4.69) is 14.7 Å². The predicted octanol–water partition coefficient (Wildman–Crippen LogP) is 0.908. The number of hydrogen-bond acceptors (Lipinski definition) is 5. The highest BCUT2D eigenvalue weighted by molar-refractivity contribution is 7.92. The summed E-state index contributed by atoms with van der Waals surface area (Å²) in [5.74, 6) is 0.139. The zero-order valence-corrected chi connectivity index (χ0v) is 10.3. The van der Waals surface area contributed by atoms with Crippen LogP contribution in [0.1, 0.15) is 6.42 Å². The first-order chi connectivity index (χ1) is 7.53. The van der Waals surface area contributed by atoms with Crippen molar-refractivity contribution in [2.45, 2.75) is 6.42 Å². The van der Waals surface area contributed by atoms with Gasteiger partial charge in [-0.2, -0.15) is 0 Å². The summed E-state index contributed by atoms with van der Waals surface area (Å²) in [6.45, 7) is 0.394. The van der Waals surface area contributed by atoms with Crippen LogP contribution in [-0.4, -0.2) is 37.9 Å². The SMILES string of the molecule is COCCCS(=O)(=O)Nc1cc(Cl)ncn1. The van der Waals surface area contributed by atoms with Crippen LogP contribution in [-0.2, 0) is 14.8 Å². The molecule has 8 heteroatoms. The van der Waals surface area contributed by atoms with Gasteiger partial charge in [0.15, 0.2) is 0 Å². The molecule has 16 heavy (non-hydrogen) atoms. The van der Waals surface area contributed by atoms with Gasteiger partial charge in [-0.3, -0.25) is 4.72 Å². The number of anilines is 1. The maximum Gasteiger partial charge on any atom is 0.233 e. The van der Waals surface area contributed by atoms with E-state index in [1.165, 1.54) is 19.5 Å². The molecule has 1 rings (SSSR count). The lowest BCUT2D eigenvalue weighted by Crippen LogP contribution is -2.18. The van der Waals surface area contributed by atoms with E-state index in [1.54, 1.807) is 0 Å². The fourth-order valence-electron chi connectivity index (χ4n) is 0.993. The highest BCUT2D eigenvalue weighted by Crippen LogP contribution is 2.10. The number of aromatic nitrogens is 2. The summed E-state index contributed by atoms with van der Waals surface area (Å²) in [6.07, 6.45) is 1.61. The third-order valence-electron chi connectivity index (χ3n) is 1.66. The fourth-order valence-corrected chi connectivity index (χ4v) is 2.17. The predicted molar refractivity (Wildman–Crippen MR) is 60.9 cm³/mol. The molecule has 6 nitrogen and oxygen atoms in total. The lowest BCUT2D eigenvalue weighted by Gasteiger charge is -2.06. The molecule has 0 bridgehead atoms. The van der Waals surface area contributed by atoms with Crippen LogP contribution in [0.4, 0.5) is 5.82 Å². The van der Waals surface area contributed by atoms with E-state index >= 15 is 0 Å². The van der Waals surface area contributed by atoms with Crippen molar-refractivity contribution in [3.05, 3.63) is 17.5 Å². The van der Waals surface area contributed by atoms with Crippen LogP contribution < -0.4 is 4.72 Å². The van der Waals surface area contributed by atoms with E-state index in [9.17, 15) is 8.42 Å². The van der Waals surface area contributed by atoms with Gasteiger partial charge in [-0.15, -0.1) is 0 Å². The van der Waals surface area contributed by atoms with Gasteiger partial charge >= 0.3 is 0 Å². The minimum atomic E-state index is -3.40. The zero-order valence-electron chi connectivity index (χ0n) is 8.68. The molecule has 0 fully saturated rings. The fraction of sp³-hybridized carbons (Fsp3) is 0.500. The number of hydrogen-bond donors (Lipinski definition) is 1. The maximum atomic E-state index is 11.5. The van der Waals surface area contributed by atoms with Crippen LogP contribution in [0, 0.1) is 0 Å². The Balaban J connectivity index is 2.59. The van der Waals surface area contributed by atoms with Crippen molar-refractivity contribution in [3.63, 3.8) is 0 Å². The van der Waals surface area contributed by atoms with Gasteiger partial charge in [-0.05, 0) is 6.42 Å². The first kappa shape index (κ1) is 13.1. The van der Waals surface area contributed by atoms with Crippen LogP contribution in [0.5, 0.6) is 0 Å². The number of halogens is 1. The molecule has 0 aromatic carbocycles. The van der Waals surface area contributed by atoms with Crippen LogP contribution in [0.2, 0.25) is 5.15 Å². The summed E-state index contributed by atoms with van der Waals surface area (Å²) in [7, 11) is -1.88. The lowest BCUT2D eigenvalue weighted by atomic mass is 10.5. The molecule has 0 saturated heterocycles. The minimum Gasteiger partial charge on any atom is -0.385 e. The first-order valence-electron chi connectivity index (χ1n) is 4.50. The van der Waals surface area contributed by atoms with E-state index < -0.39 is 10.0 Å². The quantitative estimate of drug-likeness (QED) is 0.611. The van der Waals surface area contributed by atoms with E-state index in [1.807, 2.05) is 0 Å². The molecule has 0 aliphatic carbocycles. The van der Waals surface area contributed by atoms with Crippen LogP contribution in [0.25, 0.3) is 0 Å². The summed E-state index contributed by atoms with van der Waals surface area (Å²) in [4.78, 5) is 7.38. The Hall–Kier alpha value is -0.920. The second-order valence-corrected chi connectivity index (χ2v) is 5.22. The molecule has 0 unspecified atom stereocenters. The number of nitrogens with one attached hydrogen (secondary N) is 1. The van der Waals surface area contributed by atoms with Crippen molar-refractivity contribution in [1.82, 2.24) is 9.97 Å². The summed E-state index contributed by atoms with van der Waals surface area (Å²) in [5, 5.41) is 0.185. The van der Waals surface area contributed by atoms with Gasteiger partial charge in [0, 0.05) is 19.8 Å². The van der Waals surface area contributed by atoms with Crippen molar-refractivity contribution in [3.8, 4) is 0 Å². The Labute approximate surface area is 99.1 Å². The Morgan fingerprint density at radius 2 is 2.25 bits per heavy atom. The molecule has 1 heterocycles. The molecule has 0 saturated carbocycles. The van der Waals surface area contributed by atoms with Gasteiger partial charge in [0.05, 0.1) is 5.75 Å². The lowest BCUT2D eigenvalue weighted by molar-refractivity contribution is 0.199. The highest BCUT2D eigenvalue weighted by Gasteiger charge is 2.10. The van der Waals surface area contributed by atoms with E-state index in [0.717, 1.165) is 0 Å². The average molecular weight is 266 g/mol. The minimum absolute atomic E-state index is 0.0253.